The van der Waals surface area contributed by atoms with Gasteiger partial charge in [0.2, 0.25) is 0 Å². The first-order valence-corrected chi connectivity index (χ1v) is 12.9. The van der Waals surface area contributed by atoms with E-state index in [9.17, 15) is 4.79 Å². The van der Waals surface area contributed by atoms with Crippen LogP contribution in [0.5, 0.6) is 11.5 Å². The van der Waals surface area contributed by atoms with E-state index in [1.807, 2.05) is 54.6 Å². The number of hydrogen-bond acceptors (Lipinski definition) is 6. The zero-order chi connectivity index (χ0) is 27.7. The number of carbonyl (C=O) groups excluding carboxylic acids is 1. The van der Waals surface area contributed by atoms with Crippen molar-refractivity contribution >= 4 is 29.0 Å². The highest BCUT2D eigenvalue weighted by Gasteiger charge is 2.43. The van der Waals surface area contributed by atoms with E-state index in [2.05, 4.69) is 39.7 Å². The third-order valence-electron chi connectivity index (χ3n) is 7.06. The molecule has 1 aliphatic rings. The lowest BCUT2D eigenvalue weighted by Crippen LogP contribution is -2.30. The van der Waals surface area contributed by atoms with Gasteiger partial charge < -0.3 is 29.0 Å². The van der Waals surface area contributed by atoms with Crippen molar-refractivity contribution in [3.8, 4) is 17.2 Å². The van der Waals surface area contributed by atoms with Crippen molar-refractivity contribution in [1.82, 2.24) is 14.9 Å². The van der Waals surface area contributed by atoms with E-state index in [0.29, 0.717) is 22.2 Å². The zero-order valence-electron chi connectivity index (χ0n) is 22.5. The van der Waals surface area contributed by atoms with Gasteiger partial charge in [0.1, 0.15) is 11.5 Å². The van der Waals surface area contributed by atoms with Gasteiger partial charge in [0.15, 0.2) is 5.11 Å². The number of hydrogen-bond donors (Lipinski definition) is 1. The molecule has 1 aliphatic heterocycles. The third kappa shape index (κ3) is 4.70. The molecular weight excluding hydrogens is 512 g/mol. The Morgan fingerprint density at radius 1 is 0.974 bits per heavy atom. The van der Waals surface area contributed by atoms with E-state index in [4.69, 9.17) is 26.4 Å². The standard InChI is InChI=1S/C30H30N4O4S/c1-18-15-23(19(2)33(18)21-10-8-9-20(16-21)29(35)38-5)28-27(24-11-6-7-14-31-24)32-30(39)34(28)25-13-12-22(36-3)17-26(25)37-4/h6-17,27-28H,1-5H3,(H,32,39). The number of nitrogens with zero attached hydrogens (tertiary/aromatic N) is 3. The number of ether oxygens (including phenoxy) is 3. The highest BCUT2D eigenvalue weighted by atomic mass is 32.1. The van der Waals surface area contributed by atoms with Crippen LogP contribution in [0, 0.1) is 13.8 Å². The van der Waals surface area contributed by atoms with Crippen LogP contribution in [0.1, 0.15) is 45.1 Å². The minimum atomic E-state index is -0.377. The highest BCUT2D eigenvalue weighted by Crippen LogP contribution is 2.46. The van der Waals surface area contributed by atoms with Crippen LogP contribution in [0.3, 0.4) is 0 Å². The van der Waals surface area contributed by atoms with Gasteiger partial charge in [-0.1, -0.05) is 12.1 Å². The van der Waals surface area contributed by atoms with Crippen molar-refractivity contribution in [3.63, 3.8) is 0 Å². The fourth-order valence-corrected chi connectivity index (χ4v) is 5.63. The Labute approximate surface area is 233 Å². The number of esters is 1. The minimum absolute atomic E-state index is 0.221. The van der Waals surface area contributed by atoms with E-state index in [1.165, 1.54) is 7.11 Å². The summed E-state index contributed by atoms with van der Waals surface area (Å²) in [6, 6.07) is 20.7. The lowest BCUT2D eigenvalue weighted by Gasteiger charge is -2.29. The first kappa shape index (κ1) is 26.2. The van der Waals surface area contributed by atoms with E-state index < -0.39 is 0 Å². The fraction of sp³-hybridized carbons (Fsp3) is 0.233. The van der Waals surface area contributed by atoms with Gasteiger partial charge in [-0.05, 0) is 80.2 Å². The summed E-state index contributed by atoms with van der Waals surface area (Å²) in [5.41, 5.74) is 6.15. The molecule has 0 aliphatic carbocycles. The van der Waals surface area contributed by atoms with Crippen LogP contribution < -0.4 is 19.7 Å². The Morgan fingerprint density at radius 3 is 2.49 bits per heavy atom. The highest BCUT2D eigenvalue weighted by molar-refractivity contribution is 7.80. The Kier molecular flexibility index (Phi) is 7.26. The number of thiocarbonyl (C=S) groups is 1. The summed E-state index contributed by atoms with van der Waals surface area (Å²) in [4.78, 5) is 19.0. The van der Waals surface area contributed by atoms with Gasteiger partial charge in [-0.3, -0.25) is 4.98 Å². The van der Waals surface area contributed by atoms with Crippen LogP contribution in [0.2, 0.25) is 0 Å². The fourth-order valence-electron chi connectivity index (χ4n) is 5.29. The molecule has 0 bridgehead atoms. The van der Waals surface area contributed by atoms with Gasteiger partial charge in [-0.2, -0.15) is 0 Å². The SMILES string of the molecule is COC(=O)c1cccc(-n2c(C)cc(C3C(c4ccccn4)NC(=S)N3c3ccc(OC)cc3OC)c2C)c1. The lowest BCUT2D eigenvalue weighted by atomic mass is 9.96. The molecule has 0 saturated carbocycles. The van der Waals surface area contributed by atoms with E-state index >= 15 is 0 Å². The van der Waals surface area contributed by atoms with Gasteiger partial charge in [-0.15, -0.1) is 0 Å². The second-order valence-corrected chi connectivity index (χ2v) is 9.62. The summed E-state index contributed by atoms with van der Waals surface area (Å²) in [6.45, 7) is 4.13. The summed E-state index contributed by atoms with van der Waals surface area (Å²) in [5, 5.41) is 4.08. The number of aryl methyl sites for hydroxylation is 1. The molecule has 39 heavy (non-hydrogen) atoms. The zero-order valence-corrected chi connectivity index (χ0v) is 23.3. The topological polar surface area (TPSA) is 77.9 Å². The van der Waals surface area contributed by atoms with Crippen LogP contribution in [-0.2, 0) is 4.74 Å². The number of rotatable bonds is 7. The van der Waals surface area contributed by atoms with Gasteiger partial charge in [0, 0.05) is 29.3 Å². The average Bonchev–Trinajstić information content (AvgIpc) is 3.46. The normalized spacial score (nSPS) is 16.6. The second kappa shape index (κ2) is 10.8. The molecular formula is C30H30N4O4S. The molecule has 2 atom stereocenters. The van der Waals surface area contributed by atoms with Gasteiger partial charge in [0.05, 0.1) is 50.4 Å². The molecule has 1 saturated heterocycles. The third-order valence-corrected chi connectivity index (χ3v) is 7.37. The average molecular weight is 543 g/mol. The predicted molar refractivity (Wildman–Crippen MR) is 154 cm³/mol. The van der Waals surface area contributed by atoms with Crippen molar-refractivity contribution in [2.24, 2.45) is 0 Å². The molecule has 0 amide bonds. The maximum absolute atomic E-state index is 12.2. The molecule has 1 N–H and O–H groups in total. The Balaban J connectivity index is 1.68. The summed E-state index contributed by atoms with van der Waals surface area (Å²) in [7, 11) is 4.64. The number of pyridine rings is 1. The molecule has 8 nitrogen and oxygen atoms in total. The van der Waals surface area contributed by atoms with Gasteiger partial charge in [-0.25, -0.2) is 4.79 Å². The van der Waals surface area contributed by atoms with Gasteiger partial charge >= 0.3 is 5.97 Å². The van der Waals surface area contributed by atoms with Crippen LogP contribution >= 0.6 is 12.2 Å². The molecule has 3 heterocycles. The number of benzene rings is 2. The monoisotopic (exact) mass is 542 g/mol. The van der Waals surface area contributed by atoms with E-state index in [-0.39, 0.29) is 18.1 Å². The van der Waals surface area contributed by atoms with Crippen molar-refractivity contribution in [2.45, 2.75) is 25.9 Å². The smallest absolute Gasteiger partial charge is 0.337 e. The number of carbonyl (C=O) groups is 1. The summed E-state index contributed by atoms with van der Waals surface area (Å²) in [5.74, 6) is 0.956. The van der Waals surface area contributed by atoms with Crippen LogP contribution in [0.25, 0.3) is 5.69 Å². The van der Waals surface area contributed by atoms with Crippen molar-refractivity contribution in [2.75, 3.05) is 26.2 Å². The number of aromatic nitrogens is 2. The summed E-state index contributed by atoms with van der Waals surface area (Å²) in [6.07, 6.45) is 1.79. The molecule has 2 aromatic heterocycles. The maximum atomic E-state index is 12.2. The molecule has 200 valence electrons. The molecule has 5 rings (SSSR count). The molecule has 2 unspecified atom stereocenters. The largest absolute Gasteiger partial charge is 0.497 e. The summed E-state index contributed by atoms with van der Waals surface area (Å²) >= 11 is 5.92. The first-order chi connectivity index (χ1) is 18.9. The number of methoxy groups -OCH3 is 3. The maximum Gasteiger partial charge on any atom is 0.337 e. The van der Waals surface area contributed by atoms with Gasteiger partial charge in [0.25, 0.3) is 0 Å². The molecule has 0 radical (unpaired) electrons. The van der Waals surface area contributed by atoms with Crippen LogP contribution in [0.15, 0.2) is 72.9 Å². The molecule has 0 spiro atoms. The molecule has 2 aromatic carbocycles. The van der Waals surface area contributed by atoms with Crippen molar-refractivity contribution < 1.29 is 19.0 Å². The Hall–Kier alpha value is -4.37. The number of anilines is 1. The van der Waals surface area contributed by atoms with Crippen molar-refractivity contribution in [3.05, 3.63) is 101 Å². The Morgan fingerprint density at radius 2 is 1.79 bits per heavy atom. The number of nitrogens with one attached hydrogen (secondary N) is 1. The van der Waals surface area contributed by atoms with E-state index in [0.717, 1.165) is 34.0 Å². The van der Waals surface area contributed by atoms with Crippen LogP contribution in [-0.4, -0.2) is 42.0 Å². The second-order valence-electron chi connectivity index (χ2n) is 9.24. The predicted octanol–water partition coefficient (Wildman–Crippen LogP) is 5.47. The minimum Gasteiger partial charge on any atom is -0.497 e. The summed E-state index contributed by atoms with van der Waals surface area (Å²) < 4.78 is 18.3. The Bertz CT molecular complexity index is 1540. The quantitative estimate of drug-likeness (QED) is 0.243. The lowest BCUT2D eigenvalue weighted by molar-refractivity contribution is 0.0600. The molecule has 4 aromatic rings. The van der Waals surface area contributed by atoms with Crippen LogP contribution in [0.4, 0.5) is 5.69 Å². The molecule has 1 fully saturated rings. The van der Waals surface area contributed by atoms with E-state index in [1.54, 1.807) is 26.5 Å². The first-order valence-electron chi connectivity index (χ1n) is 12.5. The molecule has 9 heteroatoms. The van der Waals surface area contributed by atoms with Crippen molar-refractivity contribution in [1.29, 1.82) is 0 Å².